The summed E-state index contributed by atoms with van der Waals surface area (Å²) in [5.41, 5.74) is 0.941. The molecule has 0 aliphatic rings. The predicted molar refractivity (Wildman–Crippen MR) is 69.6 cm³/mol. The third kappa shape index (κ3) is 3.32. The van der Waals surface area contributed by atoms with Gasteiger partial charge in [0.25, 0.3) is 10.0 Å². The predicted octanol–water partition coefficient (Wildman–Crippen LogP) is 0.472. The van der Waals surface area contributed by atoms with Crippen LogP contribution in [-0.4, -0.2) is 34.5 Å². The van der Waals surface area contributed by atoms with Gasteiger partial charge in [0.1, 0.15) is 0 Å². The monoisotopic (exact) mass is 296 g/mol. The van der Waals surface area contributed by atoms with Gasteiger partial charge in [-0.25, -0.2) is 8.42 Å². The Kier molecular flexibility index (Phi) is 3.70. The van der Waals surface area contributed by atoms with Crippen LogP contribution in [-0.2, 0) is 21.4 Å². The van der Waals surface area contributed by atoms with Gasteiger partial charge < -0.3 is 5.11 Å². The minimum absolute atomic E-state index is 0.0353. The van der Waals surface area contributed by atoms with Gasteiger partial charge in [0.05, 0.1) is 11.1 Å². The van der Waals surface area contributed by atoms with E-state index in [0.717, 1.165) is 16.6 Å². The zero-order valence-electron chi connectivity index (χ0n) is 10.5. The van der Waals surface area contributed by atoms with Crippen LogP contribution in [0.5, 0.6) is 0 Å². The largest absolute Gasteiger partial charge is 0.480 e. The van der Waals surface area contributed by atoms with Crippen LogP contribution in [0.1, 0.15) is 5.56 Å². The SMILES string of the molecule is Cc1ccc(S(=O)(=O)Nc2cnn(CC(=O)O)n2)cc1. The van der Waals surface area contributed by atoms with Gasteiger partial charge in [-0.2, -0.15) is 9.90 Å². The van der Waals surface area contributed by atoms with E-state index in [1.807, 2.05) is 6.92 Å². The average molecular weight is 296 g/mol. The van der Waals surface area contributed by atoms with Crippen molar-refractivity contribution in [3.05, 3.63) is 36.0 Å². The molecule has 106 valence electrons. The summed E-state index contributed by atoms with van der Waals surface area (Å²) in [6, 6.07) is 6.30. The first-order valence-electron chi connectivity index (χ1n) is 5.58. The van der Waals surface area contributed by atoms with E-state index in [2.05, 4.69) is 14.9 Å². The first-order valence-corrected chi connectivity index (χ1v) is 7.06. The second kappa shape index (κ2) is 5.29. The maximum Gasteiger partial charge on any atom is 0.327 e. The number of carboxylic acids is 1. The number of aryl methyl sites for hydroxylation is 1. The van der Waals surface area contributed by atoms with E-state index in [0.29, 0.717) is 0 Å². The third-order valence-electron chi connectivity index (χ3n) is 2.38. The molecule has 0 spiro atoms. The minimum Gasteiger partial charge on any atom is -0.480 e. The van der Waals surface area contributed by atoms with Crippen LogP contribution in [0.25, 0.3) is 0 Å². The van der Waals surface area contributed by atoms with Crippen molar-refractivity contribution in [3.63, 3.8) is 0 Å². The lowest BCUT2D eigenvalue weighted by Gasteiger charge is -2.05. The second-order valence-electron chi connectivity index (χ2n) is 4.07. The number of anilines is 1. The minimum atomic E-state index is -3.76. The number of rotatable bonds is 5. The van der Waals surface area contributed by atoms with Crippen molar-refractivity contribution in [3.8, 4) is 0 Å². The molecule has 0 bridgehead atoms. The van der Waals surface area contributed by atoms with Crippen LogP contribution in [0.3, 0.4) is 0 Å². The molecular weight excluding hydrogens is 284 g/mol. The Labute approximate surface area is 115 Å². The molecule has 1 aromatic heterocycles. The number of aromatic nitrogens is 3. The molecule has 2 N–H and O–H groups in total. The molecule has 0 amide bonds. The van der Waals surface area contributed by atoms with Gasteiger partial charge in [-0.1, -0.05) is 17.7 Å². The molecule has 0 saturated heterocycles. The Bertz CT molecular complexity index is 721. The van der Waals surface area contributed by atoms with Gasteiger partial charge in [0.2, 0.25) is 0 Å². The smallest absolute Gasteiger partial charge is 0.327 e. The lowest BCUT2D eigenvalue weighted by molar-refractivity contribution is -0.138. The Morgan fingerprint density at radius 1 is 1.35 bits per heavy atom. The average Bonchev–Trinajstić information content (AvgIpc) is 2.75. The van der Waals surface area contributed by atoms with Crippen molar-refractivity contribution in [2.24, 2.45) is 0 Å². The lowest BCUT2D eigenvalue weighted by Crippen LogP contribution is -2.15. The number of sulfonamides is 1. The molecule has 2 aromatic rings. The van der Waals surface area contributed by atoms with Crippen molar-refractivity contribution >= 4 is 21.8 Å². The zero-order chi connectivity index (χ0) is 14.8. The summed E-state index contributed by atoms with van der Waals surface area (Å²) in [4.78, 5) is 11.5. The summed E-state index contributed by atoms with van der Waals surface area (Å²) in [5, 5.41) is 15.9. The van der Waals surface area contributed by atoms with E-state index in [9.17, 15) is 13.2 Å². The summed E-state index contributed by atoms with van der Waals surface area (Å²) in [5.74, 6) is -1.15. The van der Waals surface area contributed by atoms with E-state index >= 15 is 0 Å². The molecular formula is C11H12N4O4S. The van der Waals surface area contributed by atoms with Crippen LogP contribution >= 0.6 is 0 Å². The highest BCUT2D eigenvalue weighted by Gasteiger charge is 2.16. The Hall–Kier alpha value is -2.42. The molecule has 0 unspecified atom stereocenters. The summed E-state index contributed by atoms with van der Waals surface area (Å²) in [6.45, 7) is 1.41. The molecule has 0 aliphatic heterocycles. The molecule has 0 atom stereocenters. The van der Waals surface area contributed by atoms with Crippen molar-refractivity contribution in [2.45, 2.75) is 18.4 Å². The molecule has 9 heteroatoms. The molecule has 0 radical (unpaired) electrons. The topological polar surface area (TPSA) is 114 Å². The fourth-order valence-corrected chi connectivity index (χ4v) is 2.44. The second-order valence-corrected chi connectivity index (χ2v) is 5.75. The van der Waals surface area contributed by atoms with Gasteiger partial charge in [-0.3, -0.25) is 9.52 Å². The fraction of sp³-hybridized carbons (Fsp3) is 0.182. The Balaban J connectivity index is 2.18. The molecule has 1 heterocycles. The van der Waals surface area contributed by atoms with E-state index < -0.39 is 22.5 Å². The first kappa shape index (κ1) is 14.0. The number of hydrogen-bond acceptors (Lipinski definition) is 5. The van der Waals surface area contributed by atoms with E-state index in [4.69, 9.17) is 5.11 Å². The first-order chi connectivity index (χ1) is 9.37. The Morgan fingerprint density at radius 2 is 2.00 bits per heavy atom. The number of carbonyl (C=O) groups is 1. The summed E-state index contributed by atoms with van der Waals surface area (Å²) in [6.07, 6.45) is 1.15. The maximum atomic E-state index is 12.0. The van der Waals surface area contributed by atoms with Crippen LogP contribution in [0.2, 0.25) is 0 Å². The molecule has 2 rings (SSSR count). The molecule has 1 aromatic carbocycles. The molecule has 0 fully saturated rings. The van der Waals surface area contributed by atoms with Crippen LogP contribution < -0.4 is 4.72 Å². The normalized spacial score (nSPS) is 11.2. The fourth-order valence-electron chi connectivity index (χ4n) is 1.46. The number of aliphatic carboxylic acids is 1. The summed E-state index contributed by atoms with van der Waals surface area (Å²) >= 11 is 0. The third-order valence-corrected chi connectivity index (χ3v) is 3.75. The van der Waals surface area contributed by atoms with Gasteiger partial charge >= 0.3 is 5.97 Å². The molecule has 0 aliphatic carbocycles. The summed E-state index contributed by atoms with van der Waals surface area (Å²) < 4.78 is 26.3. The van der Waals surface area contributed by atoms with E-state index in [1.54, 1.807) is 12.1 Å². The Morgan fingerprint density at radius 3 is 2.60 bits per heavy atom. The van der Waals surface area contributed by atoms with E-state index in [-0.39, 0.29) is 10.7 Å². The number of hydrogen-bond donors (Lipinski definition) is 2. The van der Waals surface area contributed by atoms with Crippen molar-refractivity contribution in [1.29, 1.82) is 0 Å². The van der Waals surface area contributed by atoms with Crippen molar-refractivity contribution < 1.29 is 18.3 Å². The maximum absolute atomic E-state index is 12.0. The standard InChI is InChI=1S/C11H12N4O4S/c1-8-2-4-9(5-3-8)20(18,19)14-10-6-12-15(13-10)7-11(16)17/h2-6H,7H2,1H3,(H,13,14)(H,16,17). The van der Waals surface area contributed by atoms with Crippen LogP contribution in [0, 0.1) is 6.92 Å². The van der Waals surface area contributed by atoms with Gasteiger partial charge in [-0.15, -0.1) is 5.10 Å². The van der Waals surface area contributed by atoms with Gasteiger partial charge in [0.15, 0.2) is 12.4 Å². The quantitative estimate of drug-likeness (QED) is 0.829. The zero-order valence-corrected chi connectivity index (χ0v) is 11.3. The highest BCUT2D eigenvalue weighted by atomic mass is 32.2. The van der Waals surface area contributed by atoms with Gasteiger partial charge in [-0.05, 0) is 19.1 Å². The molecule has 20 heavy (non-hydrogen) atoms. The number of benzene rings is 1. The van der Waals surface area contributed by atoms with Gasteiger partial charge in [0, 0.05) is 0 Å². The van der Waals surface area contributed by atoms with Crippen LogP contribution in [0.15, 0.2) is 35.4 Å². The van der Waals surface area contributed by atoms with Crippen molar-refractivity contribution in [2.75, 3.05) is 4.72 Å². The van der Waals surface area contributed by atoms with Crippen LogP contribution in [0.4, 0.5) is 5.82 Å². The van der Waals surface area contributed by atoms with Crippen molar-refractivity contribution in [1.82, 2.24) is 15.0 Å². The number of carboxylic acid groups (broad SMARTS) is 1. The molecule has 0 saturated carbocycles. The lowest BCUT2D eigenvalue weighted by atomic mass is 10.2. The van der Waals surface area contributed by atoms with E-state index in [1.165, 1.54) is 12.1 Å². The number of nitrogens with one attached hydrogen (secondary N) is 1. The molecule has 8 nitrogen and oxygen atoms in total. The highest BCUT2D eigenvalue weighted by Crippen LogP contribution is 2.14. The summed E-state index contributed by atoms with van der Waals surface area (Å²) in [7, 11) is -3.76. The number of nitrogens with zero attached hydrogens (tertiary/aromatic N) is 3. The highest BCUT2D eigenvalue weighted by molar-refractivity contribution is 7.92.